The number of fused-ring (bicyclic) bond motifs is 1. The van der Waals surface area contributed by atoms with Gasteiger partial charge in [-0.1, -0.05) is 0 Å². The average Bonchev–Trinajstić information content (AvgIpc) is 2.31. The van der Waals surface area contributed by atoms with E-state index in [0.717, 1.165) is 6.42 Å². The summed E-state index contributed by atoms with van der Waals surface area (Å²) in [5.74, 6) is 0. The van der Waals surface area contributed by atoms with Crippen LogP contribution in [0.5, 0.6) is 0 Å². The molecule has 0 aromatic carbocycles. The molecule has 1 fully saturated rings. The van der Waals surface area contributed by atoms with E-state index in [0.29, 0.717) is 6.54 Å². The quantitative estimate of drug-likeness (QED) is 0.419. The Labute approximate surface area is 64.3 Å². The van der Waals surface area contributed by atoms with Gasteiger partial charge in [-0.25, -0.2) is 9.79 Å². The van der Waals surface area contributed by atoms with Crippen LogP contribution in [0.25, 0.3) is 0 Å². The summed E-state index contributed by atoms with van der Waals surface area (Å²) in [6, 6.07) is 0.146. The first-order valence-electron chi connectivity index (χ1n) is 3.68. The smallest absolute Gasteiger partial charge is 0.316 e. The highest BCUT2D eigenvalue weighted by Crippen LogP contribution is 2.06. The molecule has 5 heteroatoms. The summed E-state index contributed by atoms with van der Waals surface area (Å²) < 4.78 is 0. The lowest BCUT2D eigenvalue weighted by Crippen LogP contribution is -2.43. The number of nitrogens with zero attached hydrogens (tertiary/aromatic N) is 1. The first-order valence-corrected chi connectivity index (χ1v) is 3.68. The fourth-order valence-corrected chi connectivity index (χ4v) is 1.32. The van der Waals surface area contributed by atoms with Gasteiger partial charge in [-0.2, -0.15) is 0 Å². The van der Waals surface area contributed by atoms with Crippen molar-refractivity contribution in [2.75, 3.05) is 6.54 Å². The Morgan fingerprint density at radius 2 is 2.55 bits per heavy atom. The van der Waals surface area contributed by atoms with E-state index in [1.54, 1.807) is 6.34 Å². The van der Waals surface area contributed by atoms with E-state index in [1.165, 1.54) is 0 Å². The van der Waals surface area contributed by atoms with E-state index < -0.39 is 0 Å². The van der Waals surface area contributed by atoms with E-state index in [-0.39, 0.29) is 18.2 Å². The maximum Gasteiger partial charge on any atom is 0.316 e. The lowest BCUT2D eigenvalue weighted by Gasteiger charge is -2.13. The summed E-state index contributed by atoms with van der Waals surface area (Å²) >= 11 is 0. The van der Waals surface area contributed by atoms with Gasteiger partial charge in [0.2, 0.25) is 0 Å². The number of carbonyl (C=O) groups is 1. The number of hydrogen-bond donors (Lipinski definition) is 3. The van der Waals surface area contributed by atoms with Crippen LogP contribution in [-0.2, 0) is 0 Å². The Hall–Kier alpha value is -1.26. The number of amides is 2. The van der Waals surface area contributed by atoms with Crippen molar-refractivity contribution in [3.8, 4) is 0 Å². The fraction of sp³-hybridized carbons (Fsp3) is 0.667. The van der Waals surface area contributed by atoms with Gasteiger partial charge >= 0.3 is 6.03 Å². The summed E-state index contributed by atoms with van der Waals surface area (Å²) in [4.78, 5) is 15.0. The van der Waals surface area contributed by atoms with Crippen LogP contribution < -0.4 is 16.0 Å². The molecule has 11 heavy (non-hydrogen) atoms. The number of hydrogen-bond acceptors (Lipinski definition) is 3. The van der Waals surface area contributed by atoms with Crippen molar-refractivity contribution >= 4 is 12.4 Å². The van der Waals surface area contributed by atoms with Crippen LogP contribution in [0.15, 0.2) is 4.99 Å². The van der Waals surface area contributed by atoms with E-state index in [9.17, 15) is 4.79 Å². The molecule has 2 atom stereocenters. The Morgan fingerprint density at radius 1 is 1.64 bits per heavy atom. The van der Waals surface area contributed by atoms with Gasteiger partial charge in [0.1, 0.15) is 6.17 Å². The van der Waals surface area contributed by atoms with E-state index in [1.807, 2.05) is 0 Å². The molecule has 0 bridgehead atoms. The minimum absolute atomic E-state index is 0.0718. The molecule has 1 saturated heterocycles. The van der Waals surface area contributed by atoms with Crippen molar-refractivity contribution < 1.29 is 4.79 Å². The van der Waals surface area contributed by atoms with E-state index >= 15 is 0 Å². The molecule has 2 unspecified atom stereocenters. The van der Waals surface area contributed by atoms with Crippen molar-refractivity contribution in [3.05, 3.63) is 0 Å². The van der Waals surface area contributed by atoms with Crippen molar-refractivity contribution in [3.63, 3.8) is 0 Å². The molecule has 3 N–H and O–H groups in total. The number of nitrogens with one attached hydrogen (secondary N) is 3. The summed E-state index contributed by atoms with van der Waals surface area (Å²) in [6.45, 7) is 0.712. The Balaban J connectivity index is 2.08. The molecule has 5 nitrogen and oxygen atoms in total. The lowest BCUT2D eigenvalue weighted by atomic mass is 10.2. The third-order valence-corrected chi connectivity index (χ3v) is 1.92. The number of carbonyl (C=O) groups excluding carboxylic acids is 1. The van der Waals surface area contributed by atoms with Crippen LogP contribution in [0, 0.1) is 0 Å². The van der Waals surface area contributed by atoms with Gasteiger partial charge in [0.15, 0.2) is 0 Å². The first-order chi connectivity index (χ1) is 5.36. The maximum absolute atomic E-state index is 10.9. The zero-order valence-corrected chi connectivity index (χ0v) is 6.00. The third-order valence-electron chi connectivity index (χ3n) is 1.92. The van der Waals surface area contributed by atoms with Crippen LogP contribution in [0.3, 0.4) is 0 Å². The topological polar surface area (TPSA) is 65.5 Å². The van der Waals surface area contributed by atoms with Crippen molar-refractivity contribution in [1.82, 2.24) is 16.0 Å². The first kappa shape index (κ1) is 6.45. The summed E-state index contributed by atoms with van der Waals surface area (Å²) in [6.07, 6.45) is 2.50. The van der Waals surface area contributed by atoms with Gasteiger partial charge in [0, 0.05) is 6.54 Å². The summed E-state index contributed by atoms with van der Waals surface area (Å²) in [7, 11) is 0. The molecule has 0 saturated carbocycles. The Bertz CT molecular complexity index is 203. The van der Waals surface area contributed by atoms with Gasteiger partial charge in [-0.15, -0.1) is 0 Å². The summed E-state index contributed by atoms with van der Waals surface area (Å²) in [5.41, 5.74) is 0. The molecule has 0 aliphatic carbocycles. The van der Waals surface area contributed by atoms with Crippen LogP contribution in [0.2, 0.25) is 0 Å². The molecule has 2 rings (SSSR count). The molecular formula is C6H10N4O. The molecule has 2 aliphatic heterocycles. The molecule has 2 amide bonds. The second-order valence-corrected chi connectivity index (χ2v) is 2.69. The molecule has 0 aromatic heterocycles. The zero-order chi connectivity index (χ0) is 7.68. The normalized spacial score (nSPS) is 34.7. The number of urea groups is 1. The van der Waals surface area contributed by atoms with E-state index in [2.05, 4.69) is 20.9 Å². The monoisotopic (exact) mass is 154 g/mol. The van der Waals surface area contributed by atoms with Gasteiger partial charge < -0.3 is 16.0 Å². The fourth-order valence-electron chi connectivity index (χ4n) is 1.32. The van der Waals surface area contributed by atoms with Gasteiger partial charge in [-0.3, -0.25) is 0 Å². The minimum Gasteiger partial charge on any atom is -0.370 e. The van der Waals surface area contributed by atoms with E-state index in [4.69, 9.17) is 0 Å². The van der Waals surface area contributed by atoms with Crippen LogP contribution >= 0.6 is 0 Å². The predicted molar refractivity (Wildman–Crippen MR) is 40.4 cm³/mol. The second-order valence-electron chi connectivity index (χ2n) is 2.69. The SMILES string of the molecule is O=C1NCCC2NC=NC2N1. The molecule has 0 radical (unpaired) electrons. The van der Waals surface area contributed by atoms with Crippen molar-refractivity contribution in [1.29, 1.82) is 0 Å². The average molecular weight is 154 g/mol. The lowest BCUT2D eigenvalue weighted by molar-refractivity contribution is 0.240. The summed E-state index contributed by atoms with van der Waals surface area (Å²) in [5, 5.41) is 8.51. The molecule has 60 valence electrons. The molecular weight excluding hydrogens is 144 g/mol. The molecule has 0 aromatic rings. The minimum atomic E-state index is -0.127. The predicted octanol–water partition coefficient (Wildman–Crippen LogP) is -0.984. The van der Waals surface area contributed by atoms with Crippen LogP contribution in [-0.4, -0.2) is 31.1 Å². The second kappa shape index (κ2) is 2.41. The van der Waals surface area contributed by atoms with Gasteiger partial charge in [0.05, 0.1) is 12.4 Å². The van der Waals surface area contributed by atoms with Crippen LogP contribution in [0.4, 0.5) is 4.79 Å². The van der Waals surface area contributed by atoms with Crippen molar-refractivity contribution in [2.45, 2.75) is 18.6 Å². The zero-order valence-electron chi connectivity index (χ0n) is 6.00. The largest absolute Gasteiger partial charge is 0.370 e. The highest BCUT2D eigenvalue weighted by atomic mass is 16.2. The Morgan fingerprint density at radius 3 is 3.45 bits per heavy atom. The number of rotatable bonds is 0. The van der Waals surface area contributed by atoms with Crippen LogP contribution in [0.1, 0.15) is 6.42 Å². The maximum atomic E-state index is 10.9. The van der Waals surface area contributed by atoms with Crippen molar-refractivity contribution in [2.24, 2.45) is 4.99 Å². The molecule has 2 aliphatic rings. The highest BCUT2D eigenvalue weighted by Gasteiger charge is 2.27. The number of aliphatic imine (C=N–C) groups is 1. The van der Waals surface area contributed by atoms with Gasteiger partial charge in [0.25, 0.3) is 0 Å². The third kappa shape index (κ3) is 1.13. The van der Waals surface area contributed by atoms with Gasteiger partial charge in [-0.05, 0) is 6.42 Å². The Kier molecular flexibility index (Phi) is 1.41. The standard InChI is InChI=1S/C6H10N4O/c11-6-7-2-1-4-5(10-6)9-3-8-4/h3-5H,1-2H2,(H,8,9)(H2,7,10,11). The molecule has 0 spiro atoms. The molecule has 2 heterocycles. The highest BCUT2D eigenvalue weighted by molar-refractivity contribution is 5.75.